The lowest BCUT2D eigenvalue weighted by atomic mass is 10.4. The number of nitrogen functional groups attached to an aromatic ring is 1. The van der Waals surface area contributed by atoms with Crippen molar-refractivity contribution in [3.8, 4) is 0 Å². The first-order valence-corrected chi connectivity index (χ1v) is 6.83. The summed E-state index contributed by atoms with van der Waals surface area (Å²) >= 11 is 1.36. The third-order valence-electron chi connectivity index (χ3n) is 2.77. The number of likely N-dealkylation sites (tertiary alicyclic amines) is 1. The quantitative estimate of drug-likeness (QED) is 0.859. The van der Waals surface area contributed by atoms with E-state index in [0.29, 0.717) is 10.7 Å². The summed E-state index contributed by atoms with van der Waals surface area (Å²) < 4.78 is 0. The molecule has 1 saturated heterocycles. The predicted octanol–water partition coefficient (Wildman–Crippen LogP) is 1.78. The second-order valence-electron chi connectivity index (χ2n) is 4.16. The number of nitrogens with zero attached hydrogens (tertiary/aromatic N) is 2. The number of anilines is 2. The first-order chi connectivity index (χ1) is 8.22. The molecule has 94 valence electrons. The summed E-state index contributed by atoms with van der Waals surface area (Å²) in [7, 11) is 0. The summed E-state index contributed by atoms with van der Waals surface area (Å²) in [4.78, 5) is 18.8. The molecule has 0 spiro atoms. The molecule has 0 radical (unpaired) electrons. The molecule has 1 aromatic heterocycles. The van der Waals surface area contributed by atoms with Gasteiger partial charge in [0.25, 0.3) is 5.91 Å². The Bertz CT molecular complexity index is 398. The molecule has 1 aliphatic heterocycles. The highest BCUT2D eigenvalue weighted by Gasteiger charge is 2.24. The highest BCUT2D eigenvalue weighted by atomic mass is 32.1. The highest BCUT2D eigenvalue weighted by molar-refractivity contribution is 7.18. The van der Waals surface area contributed by atoms with Crippen molar-refractivity contribution in [3.63, 3.8) is 0 Å². The fraction of sp³-hybridized carbons (Fsp3) is 0.636. The van der Waals surface area contributed by atoms with Crippen molar-refractivity contribution < 1.29 is 4.79 Å². The van der Waals surface area contributed by atoms with Gasteiger partial charge in [-0.1, -0.05) is 18.3 Å². The number of nitrogens with one attached hydrogen (secondary N) is 1. The largest absolute Gasteiger partial charge is 0.382 e. The van der Waals surface area contributed by atoms with Gasteiger partial charge in [-0.2, -0.15) is 0 Å². The summed E-state index contributed by atoms with van der Waals surface area (Å²) in [5.74, 6) is 0.382. The Morgan fingerprint density at radius 3 is 2.88 bits per heavy atom. The topological polar surface area (TPSA) is 71.2 Å². The molecule has 0 aromatic carbocycles. The van der Waals surface area contributed by atoms with Crippen molar-refractivity contribution in [1.29, 1.82) is 0 Å². The van der Waals surface area contributed by atoms with Gasteiger partial charge in [-0.3, -0.25) is 4.79 Å². The van der Waals surface area contributed by atoms with Crippen molar-refractivity contribution in [2.45, 2.75) is 26.2 Å². The molecule has 6 heteroatoms. The van der Waals surface area contributed by atoms with Gasteiger partial charge in [-0.05, 0) is 19.3 Å². The lowest BCUT2D eigenvalue weighted by Crippen LogP contribution is -2.27. The van der Waals surface area contributed by atoms with E-state index < -0.39 is 0 Å². The minimum absolute atomic E-state index is 0.0297. The number of rotatable bonds is 4. The summed E-state index contributed by atoms with van der Waals surface area (Å²) in [5.41, 5.74) is 5.79. The van der Waals surface area contributed by atoms with Gasteiger partial charge in [0.1, 0.15) is 10.7 Å². The summed E-state index contributed by atoms with van der Waals surface area (Å²) in [6.07, 6.45) is 3.20. The highest BCUT2D eigenvalue weighted by Crippen LogP contribution is 2.27. The van der Waals surface area contributed by atoms with Crippen LogP contribution in [0.25, 0.3) is 0 Å². The van der Waals surface area contributed by atoms with Crippen LogP contribution in [-0.4, -0.2) is 35.4 Å². The number of amides is 1. The smallest absolute Gasteiger partial charge is 0.267 e. The Hall–Kier alpha value is -1.30. The molecular weight excluding hydrogens is 236 g/mol. The molecule has 1 fully saturated rings. The van der Waals surface area contributed by atoms with E-state index in [4.69, 9.17) is 5.73 Å². The molecule has 17 heavy (non-hydrogen) atoms. The van der Waals surface area contributed by atoms with Gasteiger partial charge in [0.2, 0.25) is 0 Å². The van der Waals surface area contributed by atoms with E-state index in [1.165, 1.54) is 11.3 Å². The first kappa shape index (κ1) is 12.2. The van der Waals surface area contributed by atoms with Crippen molar-refractivity contribution in [2.75, 3.05) is 30.7 Å². The molecule has 0 bridgehead atoms. The predicted molar refractivity (Wildman–Crippen MR) is 70.4 cm³/mol. The maximum atomic E-state index is 12.1. The van der Waals surface area contributed by atoms with Crippen molar-refractivity contribution >= 4 is 28.2 Å². The van der Waals surface area contributed by atoms with Crippen LogP contribution in [0.1, 0.15) is 35.9 Å². The van der Waals surface area contributed by atoms with Crippen LogP contribution in [0, 0.1) is 0 Å². The molecule has 0 saturated carbocycles. The summed E-state index contributed by atoms with van der Waals surface area (Å²) in [6, 6.07) is 0. The van der Waals surface area contributed by atoms with Gasteiger partial charge >= 0.3 is 0 Å². The van der Waals surface area contributed by atoms with Gasteiger partial charge in [-0.15, -0.1) is 0 Å². The van der Waals surface area contributed by atoms with Crippen LogP contribution in [0.4, 0.5) is 10.9 Å². The molecule has 1 aliphatic rings. The maximum Gasteiger partial charge on any atom is 0.267 e. The number of carbonyl (C=O) groups excluding carboxylic acids is 1. The molecule has 2 heterocycles. The molecule has 1 amide bonds. The zero-order valence-electron chi connectivity index (χ0n) is 10.0. The van der Waals surface area contributed by atoms with Gasteiger partial charge in [0, 0.05) is 19.6 Å². The number of aromatic nitrogens is 1. The second kappa shape index (κ2) is 5.35. The molecule has 3 N–H and O–H groups in total. The molecule has 1 aromatic rings. The van der Waals surface area contributed by atoms with E-state index in [1.807, 2.05) is 4.90 Å². The van der Waals surface area contributed by atoms with Gasteiger partial charge in [0.05, 0.1) is 0 Å². The van der Waals surface area contributed by atoms with Crippen molar-refractivity contribution in [1.82, 2.24) is 9.88 Å². The van der Waals surface area contributed by atoms with Crippen LogP contribution in [0.5, 0.6) is 0 Å². The average Bonchev–Trinajstić information content (AvgIpc) is 2.94. The standard InChI is InChI=1S/C11H18N4OS/c1-2-5-13-11-14-9(12)8(17-11)10(16)15-6-3-4-7-15/h2-7,12H2,1H3,(H,13,14). The number of hydrogen-bond acceptors (Lipinski definition) is 5. The van der Waals surface area contributed by atoms with Crippen molar-refractivity contribution in [2.24, 2.45) is 0 Å². The third kappa shape index (κ3) is 2.69. The van der Waals surface area contributed by atoms with E-state index in [1.54, 1.807) is 0 Å². The summed E-state index contributed by atoms with van der Waals surface area (Å²) in [5, 5.41) is 3.90. The van der Waals surface area contributed by atoms with E-state index in [2.05, 4.69) is 17.2 Å². The van der Waals surface area contributed by atoms with Gasteiger partial charge < -0.3 is 16.0 Å². The molecule has 0 aliphatic carbocycles. The normalized spacial score (nSPS) is 15.2. The molecule has 2 rings (SSSR count). The molecule has 5 nitrogen and oxygen atoms in total. The fourth-order valence-corrected chi connectivity index (χ4v) is 2.73. The van der Waals surface area contributed by atoms with Crippen molar-refractivity contribution in [3.05, 3.63) is 4.88 Å². The molecular formula is C11H18N4OS. The Kier molecular flexibility index (Phi) is 3.83. The Labute approximate surface area is 105 Å². The van der Waals surface area contributed by atoms with Crippen LogP contribution in [0.15, 0.2) is 0 Å². The van der Waals surface area contributed by atoms with Gasteiger partial charge in [0.15, 0.2) is 5.13 Å². The van der Waals surface area contributed by atoms with Crippen LogP contribution >= 0.6 is 11.3 Å². The Morgan fingerprint density at radius 2 is 2.24 bits per heavy atom. The minimum Gasteiger partial charge on any atom is -0.382 e. The number of nitrogens with two attached hydrogens (primary N) is 1. The maximum absolute atomic E-state index is 12.1. The van der Waals surface area contributed by atoms with E-state index in [-0.39, 0.29) is 5.91 Å². The average molecular weight is 254 g/mol. The Balaban J connectivity index is 2.08. The molecule has 0 atom stereocenters. The van der Waals surface area contributed by atoms with E-state index in [9.17, 15) is 4.79 Å². The summed E-state index contributed by atoms with van der Waals surface area (Å²) in [6.45, 7) is 4.62. The van der Waals surface area contributed by atoms with Crippen LogP contribution in [0.3, 0.4) is 0 Å². The van der Waals surface area contributed by atoms with E-state index >= 15 is 0 Å². The second-order valence-corrected chi connectivity index (χ2v) is 5.16. The monoisotopic (exact) mass is 254 g/mol. The third-order valence-corrected chi connectivity index (χ3v) is 3.78. The Morgan fingerprint density at radius 1 is 1.53 bits per heavy atom. The first-order valence-electron chi connectivity index (χ1n) is 6.01. The number of carbonyl (C=O) groups is 1. The number of thiazole rings is 1. The van der Waals surface area contributed by atoms with Crippen LogP contribution in [0.2, 0.25) is 0 Å². The zero-order chi connectivity index (χ0) is 12.3. The fourth-order valence-electron chi connectivity index (χ4n) is 1.86. The minimum atomic E-state index is 0.0297. The molecule has 0 unspecified atom stereocenters. The van der Waals surface area contributed by atoms with Crippen LogP contribution < -0.4 is 11.1 Å². The lowest BCUT2D eigenvalue weighted by molar-refractivity contribution is 0.0798. The SMILES string of the molecule is CCCNc1nc(N)c(C(=O)N2CCCC2)s1. The van der Waals surface area contributed by atoms with E-state index in [0.717, 1.165) is 44.0 Å². The lowest BCUT2D eigenvalue weighted by Gasteiger charge is -2.13. The van der Waals surface area contributed by atoms with Crippen LogP contribution in [-0.2, 0) is 0 Å². The zero-order valence-corrected chi connectivity index (χ0v) is 10.8. The number of hydrogen-bond donors (Lipinski definition) is 2. The van der Waals surface area contributed by atoms with Gasteiger partial charge in [-0.25, -0.2) is 4.98 Å².